The number of hydrogen-bond donors (Lipinski definition) is 1. The lowest BCUT2D eigenvalue weighted by atomic mass is 10.4. The maximum Gasteiger partial charge on any atom is 0.273 e. The first-order valence-corrected chi connectivity index (χ1v) is 5.54. The van der Waals surface area contributed by atoms with Gasteiger partial charge in [-0.15, -0.1) is 16.4 Å². The van der Waals surface area contributed by atoms with Crippen LogP contribution in [-0.4, -0.2) is 32.9 Å². The van der Waals surface area contributed by atoms with Crippen LogP contribution >= 0.6 is 11.3 Å². The first-order chi connectivity index (χ1) is 7.69. The van der Waals surface area contributed by atoms with Gasteiger partial charge in [-0.1, -0.05) is 5.21 Å². The van der Waals surface area contributed by atoms with Gasteiger partial charge in [-0.2, -0.15) is 0 Å². The maximum atomic E-state index is 11.2. The van der Waals surface area contributed by atoms with E-state index in [1.807, 2.05) is 6.92 Å². The van der Waals surface area contributed by atoms with E-state index in [0.29, 0.717) is 12.2 Å². The zero-order valence-corrected chi connectivity index (χ0v) is 9.78. The van der Waals surface area contributed by atoms with Crippen LogP contribution in [0.5, 0.6) is 0 Å². The highest BCUT2D eigenvalue weighted by molar-refractivity contribution is 7.11. The van der Waals surface area contributed by atoms with E-state index >= 15 is 0 Å². The average molecular weight is 237 g/mol. The van der Waals surface area contributed by atoms with Crippen molar-refractivity contribution in [3.8, 4) is 0 Å². The molecule has 0 aliphatic carbocycles. The van der Waals surface area contributed by atoms with Gasteiger partial charge in [0.2, 0.25) is 0 Å². The molecular weight excluding hydrogens is 226 g/mol. The fourth-order valence-electron chi connectivity index (χ4n) is 1.25. The van der Waals surface area contributed by atoms with Crippen LogP contribution in [0.15, 0.2) is 12.4 Å². The van der Waals surface area contributed by atoms with Crippen LogP contribution in [0.2, 0.25) is 0 Å². The highest BCUT2D eigenvalue weighted by Crippen LogP contribution is 2.12. The number of aromatic nitrogens is 4. The van der Waals surface area contributed by atoms with E-state index in [0.717, 1.165) is 9.88 Å². The molecule has 16 heavy (non-hydrogen) atoms. The fraction of sp³-hybridized carbons (Fsp3) is 0.333. The van der Waals surface area contributed by atoms with Crippen molar-refractivity contribution in [1.29, 1.82) is 0 Å². The van der Waals surface area contributed by atoms with Gasteiger partial charge in [0.1, 0.15) is 0 Å². The first-order valence-electron chi connectivity index (χ1n) is 4.72. The molecule has 6 nitrogen and oxygen atoms in total. The molecule has 2 aromatic heterocycles. The van der Waals surface area contributed by atoms with Crippen LogP contribution in [0.1, 0.15) is 20.4 Å². The summed E-state index contributed by atoms with van der Waals surface area (Å²) in [6.45, 7) is 2.54. The molecule has 0 saturated heterocycles. The molecule has 0 unspecified atom stereocenters. The third kappa shape index (κ3) is 2.25. The van der Waals surface area contributed by atoms with E-state index in [1.165, 1.54) is 0 Å². The Kier molecular flexibility index (Phi) is 2.95. The first kappa shape index (κ1) is 10.7. The van der Waals surface area contributed by atoms with E-state index in [1.54, 1.807) is 35.5 Å². The predicted molar refractivity (Wildman–Crippen MR) is 59.4 cm³/mol. The molecule has 0 aliphatic rings. The number of carbonyl (C=O) groups excluding carboxylic acids is 1. The normalized spacial score (nSPS) is 10.4. The number of thiazole rings is 1. The van der Waals surface area contributed by atoms with Crippen molar-refractivity contribution in [1.82, 2.24) is 25.3 Å². The third-order valence-corrected chi connectivity index (χ3v) is 2.88. The highest BCUT2D eigenvalue weighted by atomic mass is 32.1. The number of hydrogen-bond acceptors (Lipinski definition) is 5. The minimum Gasteiger partial charge on any atom is -0.354 e. The molecule has 0 fully saturated rings. The molecule has 7 heteroatoms. The summed E-state index contributed by atoms with van der Waals surface area (Å²) < 4.78 is 1.62. The highest BCUT2D eigenvalue weighted by Gasteiger charge is 2.09. The van der Waals surface area contributed by atoms with E-state index in [-0.39, 0.29) is 5.91 Å². The van der Waals surface area contributed by atoms with Crippen molar-refractivity contribution in [3.63, 3.8) is 0 Å². The average Bonchev–Trinajstić information content (AvgIpc) is 2.87. The summed E-state index contributed by atoms with van der Waals surface area (Å²) >= 11 is 1.61. The Labute approximate surface area is 96.3 Å². The molecule has 0 radical (unpaired) electrons. The van der Waals surface area contributed by atoms with Crippen LogP contribution in [0.3, 0.4) is 0 Å². The lowest BCUT2D eigenvalue weighted by molar-refractivity contribution is 0.0958. The predicted octanol–water partition coefficient (Wildman–Crippen LogP) is 0.451. The van der Waals surface area contributed by atoms with Crippen molar-refractivity contribution >= 4 is 17.2 Å². The van der Waals surface area contributed by atoms with Gasteiger partial charge in [0, 0.05) is 18.1 Å². The van der Waals surface area contributed by atoms with Crippen LogP contribution in [-0.2, 0) is 6.54 Å². The van der Waals surface area contributed by atoms with E-state index < -0.39 is 0 Å². The number of nitrogens with zero attached hydrogens (tertiary/aromatic N) is 4. The number of carbonyl (C=O) groups is 1. The van der Waals surface area contributed by atoms with Gasteiger partial charge in [-0.3, -0.25) is 4.79 Å². The standard InChI is InChI=1S/C9H11N5OS/c1-6-11-3-7(16-6)4-14-5-8(12-13-14)9(15)10-2/h3,5H,4H2,1-2H3,(H,10,15). The van der Waals surface area contributed by atoms with E-state index in [9.17, 15) is 4.79 Å². The smallest absolute Gasteiger partial charge is 0.273 e. The lowest BCUT2D eigenvalue weighted by Crippen LogP contribution is -2.18. The van der Waals surface area contributed by atoms with Crippen LogP contribution < -0.4 is 5.32 Å². The Morgan fingerprint density at radius 3 is 3.06 bits per heavy atom. The summed E-state index contributed by atoms with van der Waals surface area (Å²) in [6, 6.07) is 0. The molecule has 84 valence electrons. The summed E-state index contributed by atoms with van der Waals surface area (Å²) in [7, 11) is 1.56. The lowest BCUT2D eigenvalue weighted by Gasteiger charge is -1.94. The zero-order chi connectivity index (χ0) is 11.5. The Morgan fingerprint density at radius 1 is 1.62 bits per heavy atom. The van der Waals surface area contributed by atoms with Gasteiger partial charge in [-0.25, -0.2) is 9.67 Å². The summed E-state index contributed by atoms with van der Waals surface area (Å²) in [4.78, 5) is 16.5. The third-order valence-electron chi connectivity index (χ3n) is 1.99. The van der Waals surface area contributed by atoms with E-state index in [2.05, 4.69) is 20.6 Å². The second-order valence-corrected chi connectivity index (χ2v) is 4.55. The minimum absolute atomic E-state index is 0.230. The molecule has 0 bridgehead atoms. The topological polar surface area (TPSA) is 72.7 Å². The summed E-state index contributed by atoms with van der Waals surface area (Å²) in [6.07, 6.45) is 3.43. The quantitative estimate of drug-likeness (QED) is 0.841. The minimum atomic E-state index is -0.230. The largest absolute Gasteiger partial charge is 0.354 e. The van der Waals surface area contributed by atoms with Gasteiger partial charge in [0.15, 0.2) is 5.69 Å². The molecule has 0 saturated carbocycles. The van der Waals surface area contributed by atoms with Crippen molar-refractivity contribution in [2.24, 2.45) is 0 Å². The van der Waals surface area contributed by atoms with Crippen molar-refractivity contribution in [2.45, 2.75) is 13.5 Å². The Balaban J connectivity index is 2.11. The molecule has 2 aromatic rings. The Hall–Kier alpha value is -1.76. The van der Waals surface area contributed by atoms with Gasteiger partial charge >= 0.3 is 0 Å². The second kappa shape index (κ2) is 4.40. The van der Waals surface area contributed by atoms with Gasteiger partial charge < -0.3 is 5.32 Å². The Bertz CT molecular complexity index is 503. The van der Waals surface area contributed by atoms with Gasteiger partial charge in [0.25, 0.3) is 5.91 Å². The summed E-state index contributed by atoms with van der Waals surface area (Å²) in [5, 5.41) is 11.2. The number of nitrogens with one attached hydrogen (secondary N) is 1. The summed E-state index contributed by atoms with van der Waals surface area (Å²) in [5.74, 6) is -0.230. The summed E-state index contributed by atoms with van der Waals surface area (Å²) in [5.41, 5.74) is 0.323. The Morgan fingerprint density at radius 2 is 2.44 bits per heavy atom. The van der Waals surface area contributed by atoms with Crippen LogP contribution in [0.25, 0.3) is 0 Å². The zero-order valence-electron chi connectivity index (χ0n) is 8.97. The number of rotatable bonds is 3. The molecule has 0 spiro atoms. The molecule has 1 amide bonds. The molecule has 0 atom stereocenters. The van der Waals surface area contributed by atoms with Crippen LogP contribution in [0.4, 0.5) is 0 Å². The van der Waals surface area contributed by atoms with Crippen molar-refractivity contribution in [3.05, 3.63) is 28.0 Å². The second-order valence-electron chi connectivity index (χ2n) is 3.23. The van der Waals surface area contributed by atoms with Gasteiger partial charge in [0.05, 0.1) is 17.7 Å². The molecule has 0 aliphatic heterocycles. The van der Waals surface area contributed by atoms with Crippen molar-refractivity contribution < 1.29 is 4.79 Å². The molecule has 2 rings (SSSR count). The number of amides is 1. The van der Waals surface area contributed by atoms with Gasteiger partial charge in [-0.05, 0) is 6.92 Å². The fourth-order valence-corrected chi connectivity index (χ4v) is 2.03. The SMILES string of the molecule is CNC(=O)c1cn(Cc2cnc(C)s2)nn1. The number of aryl methyl sites for hydroxylation is 1. The maximum absolute atomic E-state index is 11.2. The monoisotopic (exact) mass is 237 g/mol. The molecule has 0 aromatic carbocycles. The van der Waals surface area contributed by atoms with Crippen molar-refractivity contribution in [2.75, 3.05) is 7.05 Å². The molecular formula is C9H11N5OS. The molecule has 2 heterocycles. The van der Waals surface area contributed by atoms with Crippen LogP contribution in [0, 0.1) is 6.92 Å². The molecule has 1 N–H and O–H groups in total. The van der Waals surface area contributed by atoms with E-state index in [4.69, 9.17) is 0 Å².